The summed E-state index contributed by atoms with van der Waals surface area (Å²) in [5, 5.41) is 11.7. The minimum absolute atomic E-state index is 0.00892. The van der Waals surface area contributed by atoms with Crippen molar-refractivity contribution in [1.82, 2.24) is 0 Å². The minimum Gasteiger partial charge on any atom is -0.384 e. The molecule has 106 valence electrons. The number of hydrogen-bond donors (Lipinski definition) is 2. The Labute approximate surface area is 119 Å². The third kappa shape index (κ3) is 3.38. The number of aryl methyl sites for hydroxylation is 1. The Morgan fingerprint density at radius 2 is 2.35 bits per heavy atom. The predicted octanol–water partition coefficient (Wildman–Crippen LogP) is 1.70. The van der Waals surface area contributed by atoms with Crippen molar-refractivity contribution in [2.24, 2.45) is 5.92 Å². The number of carbonyl (C=O) groups excluding carboxylic acids is 1. The normalized spacial score (nSPS) is 21.1. The molecule has 20 heavy (non-hydrogen) atoms. The van der Waals surface area contributed by atoms with Crippen LogP contribution < -0.4 is 5.32 Å². The van der Waals surface area contributed by atoms with Gasteiger partial charge in [0.2, 0.25) is 5.91 Å². The van der Waals surface area contributed by atoms with E-state index in [2.05, 4.69) is 17.2 Å². The van der Waals surface area contributed by atoms with Gasteiger partial charge in [-0.2, -0.15) is 0 Å². The molecule has 0 saturated carbocycles. The fourth-order valence-corrected chi connectivity index (χ4v) is 2.28. The zero-order valence-electron chi connectivity index (χ0n) is 11.8. The highest BCUT2D eigenvalue weighted by molar-refractivity contribution is 5.94. The van der Waals surface area contributed by atoms with Crippen molar-refractivity contribution in [3.8, 4) is 11.8 Å². The van der Waals surface area contributed by atoms with Gasteiger partial charge in [0.15, 0.2) is 0 Å². The summed E-state index contributed by atoms with van der Waals surface area (Å²) >= 11 is 0. The maximum Gasteiger partial charge on any atom is 0.230 e. The van der Waals surface area contributed by atoms with Crippen LogP contribution in [0.25, 0.3) is 0 Å². The zero-order valence-corrected chi connectivity index (χ0v) is 11.8. The largest absolute Gasteiger partial charge is 0.384 e. The van der Waals surface area contributed by atoms with E-state index in [1.54, 1.807) is 0 Å². The van der Waals surface area contributed by atoms with Gasteiger partial charge in [-0.25, -0.2) is 0 Å². The summed E-state index contributed by atoms with van der Waals surface area (Å²) in [6, 6.07) is 5.61. The predicted molar refractivity (Wildman–Crippen MR) is 77.3 cm³/mol. The molecule has 0 radical (unpaired) electrons. The zero-order chi connectivity index (χ0) is 14.5. The SMILES string of the molecule is Cc1ccc(C#CCO)cc1NC(=O)C1CCOC1C. The summed E-state index contributed by atoms with van der Waals surface area (Å²) in [6.07, 6.45) is 0.725. The van der Waals surface area contributed by atoms with Crippen molar-refractivity contribution >= 4 is 11.6 Å². The number of anilines is 1. The van der Waals surface area contributed by atoms with Crippen LogP contribution in [-0.2, 0) is 9.53 Å². The third-order valence-corrected chi connectivity index (χ3v) is 3.52. The number of benzene rings is 1. The number of nitrogens with one attached hydrogen (secondary N) is 1. The van der Waals surface area contributed by atoms with Crippen LogP contribution in [0.2, 0.25) is 0 Å². The van der Waals surface area contributed by atoms with Crippen LogP contribution in [0, 0.1) is 24.7 Å². The number of ether oxygens (including phenoxy) is 1. The summed E-state index contributed by atoms with van der Waals surface area (Å²) in [5.74, 6) is 5.33. The number of hydrogen-bond acceptors (Lipinski definition) is 3. The fraction of sp³-hybridized carbons (Fsp3) is 0.438. The van der Waals surface area contributed by atoms with Crippen LogP contribution in [0.4, 0.5) is 5.69 Å². The van der Waals surface area contributed by atoms with E-state index in [1.807, 2.05) is 32.0 Å². The Morgan fingerprint density at radius 3 is 3.00 bits per heavy atom. The lowest BCUT2D eigenvalue weighted by Crippen LogP contribution is -2.28. The molecule has 1 heterocycles. The van der Waals surface area contributed by atoms with Crippen LogP contribution in [0.15, 0.2) is 18.2 Å². The lowest BCUT2D eigenvalue weighted by atomic mass is 10.0. The van der Waals surface area contributed by atoms with Crippen molar-refractivity contribution in [3.05, 3.63) is 29.3 Å². The second kappa shape index (κ2) is 6.56. The summed E-state index contributed by atoms with van der Waals surface area (Å²) in [6.45, 7) is 4.33. The average molecular weight is 273 g/mol. The molecule has 2 rings (SSSR count). The molecular formula is C16H19NO3. The molecule has 0 aromatic heterocycles. The van der Waals surface area contributed by atoms with Gasteiger partial charge in [-0.15, -0.1) is 0 Å². The Hall–Kier alpha value is -1.83. The van der Waals surface area contributed by atoms with E-state index in [4.69, 9.17) is 9.84 Å². The van der Waals surface area contributed by atoms with Gasteiger partial charge in [0, 0.05) is 17.9 Å². The molecule has 0 bridgehead atoms. The maximum absolute atomic E-state index is 12.2. The van der Waals surface area contributed by atoms with Gasteiger partial charge in [-0.05, 0) is 38.0 Å². The first kappa shape index (κ1) is 14.6. The number of rotatable bonds is 2. The highest BCUT2D eigenvalue weighted by Crippen LogP contribution is 2.24. The molecule has 1 fully saturated rings. The molecule has 0 spiro atoms. The highest BCUT2D eigenvalue weighted by atomic mass is 16.5. The molecule has 1 aromatic rings. The molecule has 2 unspecified atom stereocenters. The summed E-state index contributed by atoms with van der Waals surface area (Å²) in [4.78, 5) is 12.2. The topological polar surface area (TPSA) is 58.6 Å². The molecule has 4 nitrogen and oxygen atoms in total. The van der Waals surface area contributed by atoms with Gasteiger partial charge in [-0.1, -0.05) is 17.9 Å². The van der Waals surface area contributed by atoms with Crippen molar-refractivity contribution in [1.29, 1.82) is 0 Å². The molecule has 0 aliphatic carbocycles. The molecule has 2 atom stereocenters. The minimum atomic E-state index is -0.174. The first-order valence-electron chi connectivity index (χ1n) is 6.74. The smallest absolute Gasteiger partial charge is 0.230 e. The van der Waals surface area contributed by atoms with Crippen LogP contribution >= 0.6 is 0 Å². The Morgan fingerprint density at radius 1 is 1.55 bits per heavy atom. The van der Waals surface area contributed by atoms with Crippen molar-refractivity contribution in [2.45, 2.75) is 26.4 Å². The maximum atomic E-state index is 12.2. The number of aliphatic hydroxyl groups excluding tert-OH is 1. The molecule has 1 saturated heterocycles. The van der Waals surface area contributed by atoms with Crippen LogP contribution in [0.3, 0.4) is 0 Å². The number of carbonyl (C=O) groups is 1. The van der Waals surface area contributed by atoms with Gasteiger partial charge in [0.1, 0.15) is 6.61 Å². The van der Waals surface area contributed by atoms with Crippen LogP contribution in [-0.4, -0.2) is 30.3 Å². The van der Waals surface area contributed by atoms with E-state index in [9.17, 15) is 4.79 Å². The molecule has 1 aliphatic rings. The van der Waals surface area contributed by atoms with Gasteiger partial charge in [0.25, 0.3) is 0 Å². The van der Waals surface area contributed by atoms with Gasteiger partial charge >= 0.3 is 0 Å². The van der Waals surface area contributed by atoms with E-state index < -0.39 is 0 Å². The van der Waals surface area contributed by atoms with Gasteiger partial charge in [0.05, 0.1) is 12.0 Å². The van der Waals surface area contributed by atoms with E-state index in [1.165, 1.54) is 0 Å². The Kier molecular flexibility index (Phi) is 4.78. The summed E-state index contributed by atoms with van der Waals surface area (Å²) in [7, 11) is 0. The van der Waals surface area contributed by atoms with Gasteiger partial charge in [-0.3, -0.25) is 4.79 Å². The molecule has 2 N–H and O–H groups in total. The van der Waals surface area contributed by atoms with Crippen LogP contribution in [0.1, 0.15) is 24.5 Å². The fourth-order valence-electron chi connectivity index (χ4n) is 2.28. The molecule has 4 heteroatoms. The van der Waals surface area contributed by atoms with Crippen molar-refractivity contribution in [3.63, 3.8) is 0 Å². The van der Waals surface area contributed by atoms with Crippen molar-refractivity contribution in [2.75, 3.05) is 18.5 Å². The molecule has 1 aliphatic heterocycles. The molecule has 1 amide bonds. The quantitative estimate of drug-likeness (QED) is 0.806. The first-order chi connectivity index (χ1) is 9.61. The van der Waals surface area contributed by atoms with Gasteiger partial charge < -0.3 is 15.2 Å². The number of aliphatic hydroxyl groups is 1. The first-order valence-corrected chi connectivity index (χ1v) is 6.74. The van der Waals surface area contributed by atoms with E-state index in [-0.39, 0.29) is 24.5 Å². The number of amides is 1. The summed E-state index contributed by atoms with van der Waals surface area (Å²) < 4.78 is 5.42. The second-order valence-corrected chi connectivity index (χ2v) is 4.95. The monoisotopic (exact) mass is 273 g/mol. The summed E-state index contributed by atoms with van der Waals surface area (Å²) in [5.41, 5.74) is 2.52. The molecule has 1 aromatic carbocycles. The lowest BCUT2D eigenvalue weighted by molar-refractivity contribution is -0.121. The van der Waals surface area contributed by atoms with E-state index in [0.29, 0.717) is 6.61 Å². The molecular weight excluding hydrogens is 254 g/mol. The van der Waals surface area contributed by atoms with Crippen molar-refractivity contribution < 1.29 is 14.6 Å². The van der Waals surface area contributed by atoms with E-state index >= 15 is 0 Å². The Balaban J connectivity index is 2.13. The lowest BCUT2D eigenvalue weighted by Gasteiger charge is -2.15. The third-order valence-electron chi connectivity index (χ3n) is 3.52. The van der Waals surface area contributed by atoms with E-state index in [0.717, 1.165) is 23.2 Å². The highest BCUT2D eigenvalue weighted by Gasteiger charge is 2.30. The second-order valence-electron chi connectivity index (χ2n) is 4.95. The standard InChI is InChI=1S/C16H19NO3/c1-11-5-6-13(4-3-8-18)10-15(11)17-16(19)14-7-9-20-12(14)2/h5-6,10,12,14,18H,7-9H2,1-2H3,(H,17,19). The van der Waals surface area contributed by atoms with Crippen LogP contribution in [0.5, 0.6) is 0 Å². The average Bonchev–Trinajstić information content (AvgIpc) is 2.86. The Bertz CT molecular complexity index is 557.